The van der Waals surface area contributed by atoms with Crippen molar-refractivity contribution in [3.8, 4) is 45.1 Å². The first-order chi connectivity index (χ1) is 30.4. The molecule has 16 heteroatoms. The first-order valence-electron chi connectivity index (χ1n) is 20.4. The van der Waals surface area contributed by atoms with Crippen LogP contribution in [0, 0.1) is 0 Å². The van der Waals surface area contributed by atoms with Gasteiger partial charge in [0.15, 0.2) is 0 Å². The molecule has 66 heavy (non-hydrogen) atoms. The van der Waals surface area contributed by atoms with Crippen LogP contribution in [0.25, 0.3) is 55.4 Å². The minimum Gasteiger partial charge on any atom is -0.497 e. The van der Waals surface area contributed by atoms with Crippen LogP contribution in [0.5, 0.6) is 11.5 Å². The Bertz CT molecular complexity index is 2910. The number of H-pyrrole nitrogens is 2. The summed E-state index contributed by atoms with van der Waals surface area (Å²) < 4.78 is 15.2. The van der Waals surface area contributed by atoms with Crippen LogP contribution in [0.15, 0.2) is 140 Å². The van der Waals surface area contributed by atoms with E-state index in [1.807, 2.05) is 151 Å². The summed E-state index contributed by atoms with van der Waals surface area (Å²) in [5, 5.41) is 7.37. The molecule has 0 aliphatic rings. The van der Waals surface area contributed by atoms with Crippen molar-refractivity contribution in [3.63, 3.8) is 0 Å². The van der Waals surface area contributed by atoms with Gasteiger partial charge in [-0.05, 0) is 138 Å². The Morgan fingerprint density at radius 3 is 1.12 bits per heavy atom. The minimum atomic E-state index is -0.467. The number of carbonyl (C=O) groups excluding carboxylic acids is 2. The molecule has 0 saturated carbocycles. The second kappa shape index (κ2) is 20.2. The molecule has 0 aliphatic carbocycles. The average Bonchev–Trinajstić information content (AvgIpc) is 3.93. The topological polar surface area (TPSA) is 215 Å². The van der Waals surface area contributed by atoms with Gasteiger partial charge in [-0.15, -0.1) is 0 Å². The molecule has 0 fully saturated rings. The van der Waals surface area contributed by atoms with Gasteiger partial charge < -0.3 is 41.0 Å². The number of nitrogens with zero attached hydrogens (tertiary/aromatic N) is 2. The van der Waals surface area contributed by atoms with Gasteiger partial charge in [0.1, 0.15) is 22.9 Å². The van der Waals surface area contributed by atoms with Gasteiger partial charge in [0.05, 0.1) is 36.4 Å². The zero-order chi connectivity index (χ0) is 46.1. The van der Waals surface area contributed by atoms with E-state index in [1.54, 1.807) is 26.6 Å². The lowest BCUT2D eigenvalue weighted by Crippen LogP contribution is -2.43. The highest BCUT2D eigenvalue weighted by Gasteiger charge is 2.28. The van der Waals surface area contributed by atoms with Gasteiger partial charge in [0, 0.05) is 54.6 Å². The number of hydrogen-bond donors (Lipinski definition) is 4. The molecule has 0 atom stereocenters. The van der Waals surface area contributed by atoms with E-state index in [0.29, 0.717) is 55.8 Å². The van der Waals surface area contributed by atoms with Gasteiger partial charge in [-0.2, -0.15) is 0 Å². The quantitative estimate of drug-likeness (QED) is 0.117. The monoisotopic (exact) mass is 1020 g/mol. The molecule has 0 spiro atoms. The van der Waals surface area contributed by atoms with E-state index in [9.17, 15) is 19.2 Å². The van der Waals surface area contributed by atoms with E-state index in [-0.39, 0.29) is 45.3 Å². The third-order valence-corrected chi connectivity index (χ3v) is 11.2. The maximum Gasteiger partial charge on any atom is 0.270 e. The molecular weight excluding hydrogens is 972 g/mol. The Morgan fingerprint density at radius 2 is 0.833 bits per heavy atom. The number of hydrogen-bond acceptors (Lipinski definition) is 6. The number of benzene rings is 4. The Hall–Kier alpha value is -6.72. The van der Waals surface area contributed by atoms with Crippen molar-refractivity contribution in [2.24, 2.45) is 0 Å². The number of fused-ring (bicyclic) bond motifs is 2. The number of pyridine rings is 2. The summed E-state index contributed by atoms with van der Waals surface area (Å²) in [7, 11) is 3.20. The zero-order valence-corrected chi connectivity index (χ0v) is 40.8. The average molecular weight is 1020 g/mol. The van der Waals surface area contributed by atoms with Gasteiger partial charge in [0.2, 0.25) is 0 Å². The number of methoxy groups -OCH3 is 2. The van der Waals surface area contributed by atoms with Crippen molar-refractivity contribution in [2.75, 3.05) is 14.2 Å². The highest BCUT2D eigenvalue weighted by Crippen LogP contribution is 2.32. The number of nitrogens with one attached hydrogen (secondary N) is 4. The van der Waals surface area contributed by atoms with Gasteiger partial charge in [-0.1, -0.05) is 56.1 Å². The third kappa shape index (κ3) is 10.5. The first kappa shape index (κ1) is 50.3. The molecular formula is C50H52Br2N6O8. The standard InChI is InChI=1S/2C25H24BrN3O3.2H2O/c2*1-25(2,3)28-23(30)22-21-19(13-14-27-21)20(15-5-11-18(32-4)12-6-15)24(31)29(22)17-9-7-16(26)8-10-17;;/h2*5-14,27H,1-4H3,(H,28,30);2*1H2. The lowest BCUT2D eigenvalue weighted by molar-refractivity contribution is 0.0904. The molecule has 8 rings (SSSR count). The van der Waals surface area contributed by atoms with Crippen LogP contribution >= 0.6 is 31.9 Å². The number of amides is 2. The highest BCUT2D eigenvalue weighted by atomic mass is 79.9. The summed E-state index contributed by atoms with van der Waals surface area (Å²) in [5.74, 6) is 0.749. The second-order valence-electron chi connectivity index (χ2n) is 17.1. The van der Waals surface area contributed by atoms with Crippen molar-refractivity contribution in [1.82, 2.24) is 29.7 Å². The number of aromatic nitrogens is 4. The first-order valence-corrected chi connectivity index (χ1v) is 22.0. The molecule has 0 saturated heterocycles. The normalized spacial score (nSPS) is 11.2. The Morgan fingerprint density at radius 1 is 0.515 bits per heavy atom. The van der Waals surface area contributed by atoms with Crippen molar-refractivity contribution in [3.05, 3.63) is 163 Å². The summed E-state index contributed by atoms with van der Waals surface area (Å²) in [6.45, 7) is 11.4. The molecule has 8 aromatic rings. The molecule has 8 N–H and O–H groups in total. The van der Waals surface area contributed by atoms with Gasteiger partial charge in [-0.3, -0.25) is 28.3 Å². The summed E-state index contributed by atoms with van der Waals surface area (Å²) in [6.07, 6.45) is 3.49. The van der Waals surface area contributed by atoms with E-state index in [1.165, 1.54) is 9.13 Å². The van der Waals surface area contributed by atoms with E-state index < -0.39 is 11.1 Å². The van der Waals surface area contributed by atoms with E-state index in [2.05, 4.69) is 52.5 Å². The lowest BCUT2D eigenvalue weighted by atomic mass is 10.0. The van der Waals surface area contributed by atoms with E-state index in [4.69, 9.17) is 9.47 Å². The van der Waals surface area contributed by atoms with Gasteiger partial charge >= 0.3 is 0 Å². The van der Waals surface area contributed by atoms with Gasteiger partial charge in [-0.25, -0.2) is 0 Å². The van der Waals surface area contributed by atoms with Crippen molar-refractivity contribution in [2.45, 2.75) is 52.6 Å². The maximum absolute atomic E-state index is 13.9. The summed E-state index contributed by atoms with van der Waals surface area (Å²) in [6, 6.07) is 33.0. The minimum absolute atomic E-state index is 0. The van der Waals surface area contributed by atoms with E-state index in [0.717, 1.165) is 20.1 Å². The molecule has 2 amide bonds. The molecule has 0 radical (unpaired) electrons. The Balaban J connectivity index is 0.000000240. The second-order valence-corrected chi connectivity index (χ2v) is 18.9. The predicted molar refractivity (Wildman–Crippen MR) is 269 cm³/mol. The van der Waals surface area contributed by atoms with Crippen LogP contribution in [-0.4, -0.2) is 67.2 Å². The fraction of sp³-hybridized carbons (Fsp3) is 0.200. The largest absolute Gasteiger partial charge is 0.497 e. The smallest absolute Gasteiger partial charge is 0.270 e. The number of ether oxygens (including phenoxy) is 2. The number of rotatable bonds is 8. The highest BCUT2D eigenvalue weighted by molar-refractivity contribution is 9.10. The van der Waals surface area contributed by atoms with Crippen LogP contribution in [-0.2, 0) is 0 Å². The molecule has 0 unspecified atom stereocenters. The lowest BCUT2D eigenvalue weighted by Gasteiger charge is -2.23. The molecule has 14 nitrogen and oxygen atoms in total. The Labute approximate surface area is 397 Å². The van der Waals surface area contributed by atoms with Crippen LogP contribution in [0.1, 0.15) is 62.5 Å². The summed E-state index contributed by atoms with van der Waals surface area (Å²) >= 11 is 6.87. The fourth-order valence-corrected chi connectivity index (χ4v) is 7.93. The van der Waals surface area contributed by atoms with Crippen molar-refractivity contribution >= 4 is 65.5 Å². The van der Waals surface area contributed by atoms with Crippen LogP contribution in [0.3, 0.4) is 0 Å². The van der Waals surface area contributed by atoms with Crippen molar-refractivity contribution in [1.29, 1.82) is 0 Å². The maximum atomic E-state index is 13.9. The van der Waals surface area contributed by atoms with Crippen LogP contribution < -0.4 is 31.2 Å². The summed E-state index contributed by atoms with van der Waals surface area (Å²) in [4.78, 5) is 61.0. The fourth-order valence-electron chi connectivity index (χ4n) is 7.40. The number of carbonyl (C=O) groups is 2. The molecule has 344 valence electrons. The Kier molecular flexibility index (Phi) is 15.4. The van der Waals surface area contributed by atoms with Crippen LogP contribution in [0.4, 0.5) is 0 Å². The number of halogens is 2. The number of aromatic amines is 2. The van der Waals surface area contributed by atoms with Crippen molar-refractivity contribution < 1.29 is 30.0 Å². The van der Waals surface area contributed by atoms with Gasteiger partial charge in [0.25, 0.3) is 22.9 Å². The molecule has 4 aromatic heterocycles. The molecule has 4 heterocycles. The third-order valence-electron chi connectivity index (χ3n) is 10.1. The predicted octanol–water partition coefficient (Wildman–Crippen LogP) is 8.92. The molecule has 4 aromatic carbocycles. The zero-order valence-electron chi connectivity index (χ0n) is 37.6. The van der Waals surface area contributed by atoms with Crippen LogP contribution in [0.2, 0.25) is 0 Å². The molecule has 0 aliphatic heterocycles. The SMILES string of the molecule is COc1ccc(-c2c(=O)n(-c3ccc(Br)cc3)c(C(=O)NC(C)(C)C)c3[nH]ccc23)cc1.COc1ccc(-c2c(=O)n(-c3ccc(Br)cc3)c(C(=O)NC(C)(C)C)c3[nH]ccc23)cc1.O.O. The van der Waals surface area contributed by atoms with E-state index >= 15 is 0 Å². The molecule has 0 bridgehead atoms. The summed E-state index contributed by atoms with van der Waals surface area (Å²) in [5.41, 5.74) is 3.96.